The third-order valence-corrected chi connectivity index (χ3v) is 4.80. The van der Waals surface area contributed by atoms with Crippen LogP contribution >= 0.6 is 15.9 Å². The summed E-state index contributed by atoms with van der Waals surface area (Å²) in [5.74, 6) is 0.693. The Morgan fingerprint density at radius 3 is 2.60 bits per heavy atom. The second kappa shape index (κ2) is 9.34. The molecule has 1 aliphatic carbocycles. The highest BCUT2D eigenvalue weighted by Gasteiger charge is 2.26. The maximum absolute atomic E-state index is 12.5. The lowest BCUT2D eigenvalue weighted by atomic mass is 10.2. The lowest BCUT2D eigenvalue weighted by molar-refractivity contribution is -0.132. The number of nitrogens with one attached hydrogen (secondary N) is 1. The molecule has 1 saturated carbocycles. The number of amides is 2. The molecule has 0 heterocycles. The SMILES string of the molecule is CCCN(CC1CC1)C(=O)CN(C)CC(=O)Nc1ccc(Br)cc1C. The molecule has 6 heteroatoms. The first-order valence-electron chi connectivity index (χ1n) is 8.91. The van der Waals surface area contributed by atoms with E-state index in [9.17, 15) is 9.59 Å². The van der Waals surface area contributed by atoms with Crippen LogP contribution in [0.3, 0.4) is 0 Å². The Hall–Kier alpha value is -1.40. The van der Waals surface area contributed by atoms with E-state index in [1.54, 1.807) is 4.90 Å². The Kier molecular flexibility index (Phi) is 7.44. The van der Waals surface area contributed by atoms with E-state index < -0.39 is 0 Å². The number of likely N-dealkylation sites (N-methyl/N-ethyl adjacent to an activating group) is 1. The largest absolute Gasteiger partial charge is 0.341 e. The van der Waals surface area contributed by atoms with Crippen LogP contribution in [0, 0.1) is 12.8 Å². The van der Waals surface area contributed by atoms with E-state index in [2.05, 4.69) is 28.2 Å². The topological polar surface area (TPSA) is 52.7 Å². The molecule has 1 fully saturated rings. The number of halogens is 1. The van der Waals surface area contributed by atoms with E-state index >= 15 is 0 Å². The molecule has 0 spiro atoms. The van der Waals surface area contributed by atoms with Crippen LogP contribution in [-0.2, 0) is 9.59 Å². The van der Waals surface area contributed by atoms with Gasteiger partial charge in [0.2, 0.25) is 11.8 Å². The molecule has 0 atom stereocenters. The molecule has 0 saturated heterocycles. The van der Waals surface area contributed by atoms with Crippen molar-refractivity contribution in [1.29, 1.82) is 0 Å². The molecule has 1 N–H and O–H groups in total. The summed E-state index contributed by atoms with van der Waals surface area (Å²) in [5, 5.41) is 2.91. The first kappa shape index (κ1) is 19.9. The number of hydrogen-bond donors (Lipinski definition) is 1. The fraction of sp³-hybridized carbons (Fsp3) is 0.579. The smallest absolute Gasteiger partial charge is 0.238 e. The number of benzene rings is 1. The quantitative estimate of drug-likeness (QED) is 0.680. The normalized spacial score (nSPS) is 13.8. The number of carbonyl (C=O) groups excluding carboxylic acids is 2. The van der Waals surface area contributed by atoms with Crippen LogP contribution in [0.5, 0.6) is 0 Å². The van der Waals surface area contributed by atoms with Crippen molar-refractivity contribution < 1.29 is 9.59 Å². The van der Waals surface area contributed by atoms with Crippen molar-refractivity contribution in [3.8, 4) is 0 Å². The minimum Gasteiger partial charge on any atom is -0.341 e. The van der Waals surface area contributed by atoms with Gasteiger partial charge in [-0.25, -0.2) is 0 Å². The highest BCUT2D eigenvalue weighted by atomic mass is 79.9. The highest BCUT2D eigenvalue weighted by Crippen LogP contribution is 2.29. The van der Waals surface area contributed by atoms with E-state index in [4.69, 9.17) is 0 Å². The molecule has 0 unspecified atom stereocenters. The van der Waals surface area contributed by atoms with Gasteiger partial charge in [0.25, 0.3) is 0 Å². The van der Waals surface area contributed by atoms with Crippen molar-refractivity contribution in [2.45, 2.75) is 33.1 Å². The van der Waals surface area contributed by atoms with Gasteiger partial charge in [0.05, 0.1) is 13.1 Å². The Balaban J connectivity index is 1.82. The van der Waals surface area contributed by atoms with Crippen LogP contribution in [0.1, 0.15) is 31.7 Å². The van der Waals surface area contributed by atoms with E-state index in [1.807, 2.05) is 37.1 Å². The average Bonchev–Trinajstić information content (AvgIpc) is 3.33. The van der Waals surface area contributed by atoms with Crippen molar-refractivity contribution in [1.82, 2.24) is 9.80 Å². The monoisotopic (exact) mass is 409 g/mol. The van der Waals surface area contributed by atoms with Crippen molar-refractivity contribution in [2.75, 3.05) is 38.5 Å². The van der Waals surface area contributed by atoms with Gasteiger partial charge in [-0.15, -0.1) is 0 Å². The zero-order valence-electron chi connectivity index (χ0n) is 15.3. The molecule has 0 aromatic heterocycles. The molecule has 2 amide bonds. The number of carbonyl (C=O) groups is 2. The lowest BCUT2D eigenvalue weighted by Gasteiger charge is -2.25. The standard InChI is InChI=1S/C19H28BrN3O2/c1-4-9-23(11-15-5-6-15)19(25)13-22(3)12-18(24)21-17-8-7-16(20)10-14(17)2/h7-8,10,15H,4-6,9,11-13H2,1-3H3,(H,21,24). The fourth-order valence-electron chi connectivity index (χ4n) is 2.79. The summed E-state index contributed by atoms with van der Waals surface area (Å²) in [7, 11) is 1.81. The zero-order chi connectivity index (χ0) is 18.4. The summed E-state index contributed by atoms with van der Waals surface area (Å²) in [6, 6.07) is 5.74. The Labute approximate surface area is 158 Å². The molecule has 1 aliphatic rings. The van der Waals surface area contributed by atoms with Crippen LogP contribution in [0.15, 0.2) is 22.7 Å². The molecule has 0 bridgehead atoms. The number of anilines is 1. The second-order valence-electron chi connectivity index (χ2n) is 6.96. The van der Waals surface area contributed by atoms with Gasteiger partial charge >= 0.3 is 0 Å². The minimum absolute atomic E-state index is 0.107. The van der Waals surface area contributed by atoms with E-state index in [0.29, 0.717) is 5.92 Å². The van der Waals surface area contributed by atoms with Gasteiger partial charge in [-0.3, -0.25) is 14.5 Å². The third kappa shape index (κ3) is 6.78. The van der Waals surface area contributed by atoms with E-state index in [1.165, 1.54) is 12.8 Å². The maximum atomic E-state index is 12.5. The average molecular weight is 410 g/mol. The van der Waals surface area contributed by atoms with Crippen LogP contribution in [-0.4, -0.2) is 54.8 Å². The second-order valence-corrected chi connectivity index (χ2v) is 7.88. The molecule has 5 nitrogen and oxygen atoms in total. The van der Waals surface area contributed by atoms with Crippen LogP contribution < -0.4 is 5.32 Å². The Bertz CT molecular complexity index is 617. The Morgan fingerprint density at radius 1 is 1.28 bits per heavy atom. The van der Waals surface area contributed by atoms with Gasteiger partial charge in [0.15, 0.2) is 0 Å². The van der Waals surface area contributed by atoms with Crippen molar-refractivity contribution in [3.05, 3.63) is 28.2 Å². The predicted octanol–water partition coefficient (Wildman–Crippen LogP) is 3.28. The lowest BCUT2D eigenvalue weighted by Crippen LogP contribution is -2.42. The van der Waals surface area contributed by atoms with Crippen LogP contribution in [0.2, 0.25) is 0 Å². The van der Waals surface area contributed by atoms with Gasteiger partial charge in [0.1, 0.15) is 0 Å². The van der Waals surface area contributed by atoms with Gasteiger partial charge in [-0.2, -0.15) is 0 Å². The van der Waals surface area contributed by atoms with Crippen molar-refractivity contribution in [2.24, 2.45) is 5.92 Å². The molecule has 1 aromatic rings. The summed E-state index contributed by atoms with van der Waals surface area (Å²) >= 11 is 3.41. The third-order valence-electron chi connectivity index (χ3n) is 4.30. The molecule has 2 rings (SSSR count). The van der Waals surface area contributed by atoms with Crippen LogP contribution in [0.4, 0.5) is 5.69 Å². The van der Waals surface area contributed by atoms with E-state index in [-0.39, 0.29) is 24.9 Å². The predicted molar refractivity (Wildman–Crippen MR) is 105 cm³/mol. The molecular weight excluding hydrogens is 382 g/mol. The van der Waals surface area contributed by atoms with Gasteiger partial charge < -0.3 is 10.2 Å². The summed E-state index contributed by atoms with van der Waals surface area (Å²) in [5.41, 5.74) is 1.80. The summed E-state index contributed by atoms with van der Waals surface area (Å²) in [4.78, 5) is 28.4. The number of nitrogens with zero attached hydrogens (tertiary/aromatic N) is 2. The minimum atomic E-state index is -0.107. The maximum Gasteiger partial charge on any atom is 0.238 e. The molecule has 0 aliphatic heterocycles. The molecular formula is C19H28BrN3O2. The van der Waals surface area contributed by atoms with Crippen molar-refractivity contribution in [3.63, 3.8) is 0 Å². The van der Waals surface area contributed by atoms with Gasteiger partial charge in [-0.1, -0.05) is 22.9 Å². The van der Waals surface area contributed by atoms with Crippen molar-refractivity contribution >= 4 is 33.4 Å². The zero-order valence-corrected chi connectivity index (χ0v) is 16.9. The van der Waals surface area contributed by atoms with Gasteiger partial charge in [0, 0.05) is 23.2 Å². The summed E-state index contributed by atoms with van der Waals surface area (Å²) < 4.78 is 0.984. The first-order chi connectivity index (χ1) is 11.9. The van der Waals surface area contributed by atoms with Gasteiger partial charge in [-0.05, 0) is 62.9 Å². The summed E-state index contributed by atoms with van der Waals surface area (Å²) in [6.45, 7) is 6.18. The molecule has 138 valence electrons. The molecule has 25 heavy (non-hydrogen) atoms. The number of hydrogen-bond acceptors (Lipinski definition) is 3. The van der Waals surface area contributed by atoms with E-state index in [0.717, 1.165) is 35.2 Å². The first-order valence-corrected chi connectivity index (χ1v) is 9.70. The fourth-order valence-corrected chi connectivity index (χ4v) is 3.26. The Morgan fingerprint density at radius 2 is 2.00 bits per heavy atom. The number of aryl methyl sites for hydroxylation is 1. The van der Waals surface area contributed by atoms with Crippen LogP contribution in [0.25, 0.3) is 0 Å². The molecule has 0 radical (unpaired) electrons. The highest BCUT2D eigenvalue weighted by molar-refractivity contribution is 9.10. The summed E-state index contributed by atoms with van der Waals surface area (Å²) in [6.07, 6.45) is 3.43. The molecule has 1 aromatic carbocycles. The number of rotatable bonds is 9.